The topological polar surface area (TPSA) is 63.8 Å². The Kier molecular flexibility index (Phi) is 7.42. The Morgan fingerprint density at radius 2 is 2.30 bits per heavy atom. The molecule has 0 atom stereocenters. The maximum absolute atomic E-state index is 10.5. The summed E-state index contributed by atoms with van der Waals surface area (Å²) in [5.41, 5.74) is 2.56. The molecule has 0 aliphatic carbocycles. The van der Waals surface area contributed by atoms with Crippen LogP contribution in [0, 0.1) is 0 Å². The molecule has 0 rings (SSSR count). The summed E-state index contributed by atoms with van der Waals surface area (Å²) in [5, 5.41) is 1.68. The summed E-state index contributed by atoms with van der Waals surface area (Å²) >= 11 is 0. The predicted octanol–water partition coefficient (Wildman–Crippen LogP) is -0.669. The maximum Gasteiger partial charge on any atom is 0.257 e. The highest BCUT2D eigenvalue weighted by molar-refractivity contribution is 5.86. The number of nitrogens with one attached hydrogen (secondary N) is 1. The number of hydrogen-bond donors (Lipinski definition) is 1. The molecule has 0 spiro atoms. The van der Waals surface area contributed by atoms with Gasteiger partial charge in [0, 0.05) is 13.6 Å². The van der Waals surface area contributed by atoms with Crippen LogP contribution in [0.4, 0.5) is 0 Å². The zero-order valence-corrected chi connectivity index (χ0v) is 6.35. The molecule has 0 aromatic heterocycles. The van der Waals surface area contributed by atoms with E-state index in [1.807, 2.05) is 6.92 Å². The van der Waals surface area contributed by atoms with Gasteiger partial charge in [0.15, 0.2) is 0 Å². The van der Waals surface area contributed by atoms with Crippen LogP contribution in [0.5, 0.6) is 0 Å². The Hall–Kier alpha value is -0.870. The van der Waals surface area contributed by atoms with Crippen molar-refractivity contribution < 1.29 is 10.3 Å². The van der Waals surface area contributed by atoms with E-state index in [9.17, 15) is 4.79 Å². The molecule has 0 bridgehead atoms. The van der Waals surface area contributed by atoms with E-state index in [2.05, 4.69) is 12.0 Å². The van der Waals surface area contributed by atoms with Gasteiger partial charge in [-0.1, -0.05) is 13.5 Å². The summed E-state index contributed by atoms with van der Waals surface area (Å²) in [5.74, 6) is -0.167. The van der Waals surface area contributed by atoms with Crippen LogP contribution in [0.25, 0.3) is 0 Å². The Morgan fingerprint density at radius 1 is 1.80 bits per heavy atom. The number of carbonyl (C=O) groups is 1. The highest BCUT2D eigenvalue weighted by Gasteiger charge is 1.94. The number of hydrogen-bond acceptors (Lipinski definition) is 2. The van der Waals surface area contributed by atoms with Crippen LogP contribution in [-0.2, 0) is 4.79 Å². The minimum atomic E-state index is -0.167. The average molecular weight is 146 g/mol. The lowest BCUT2D eigenvalue weighted by atomic mass is 10.6. The first kappa shape index (κ1) is 11.9. The van der Waals surface area contributed by atoms with Gasteiger partial charge in [-0.15, -0.1) is 0 Å². The molecule has 0 unspecified atom stereocenters. The number of rotatable bonds is 3. The molecule has 1 amide bonds. The van der Waals surface area contributed by atoms with Crippen LogP contribution >= 0.6 is 0 Å². The molecule has 0 saturated carbocycles. The lowest BCUT2D eigenvalue weighted by Crippen LogP contribution is -2.37. The standard InChI is InChI=1S/C6H12N2O.H2O/c1-4-6(9)7-8(3)5-2;/h4H,1,5H2,2-3H3,(H,7,9);1H2. The van der Waals surface area contributed by atoms with Crippen LogP contribution in [-0.4, -0.2) is 30.0 Å². The number of nitrogens with zero attached hydrogens (tertiary/aromatic N) is 1. The summed E-state index contributed by atoms with van der Waals surface area (Å²) in [4.78, 5) is 10.5. The third kappa shape index (κ3) is 5.27. The van der Waals surface area contributed by atoms with Crippen LogP contribution in [0.15, 0.2) is 12.7 Å². The number of carbonyl (C=O) groups excluding carboxylic acids is 1. The molecule has 0 aliphatic rings. The summed E-state index contributed by atoms with van der Waals surface area (Å²) in [6.07, 6.45) is 1.24. The first-order valence-corrected chi connectivity index (χ1v) is 2.85. The quantitative estimate of drug-likeness (QED) is 0.424. The highest BCUT2D eigenvalue weighted by atomic mass is 16.2. The Bertz CT molecular complexity index is 114. The zero-order chi connectivity index (χ0) is 7.28. The van der Waals surface area contributed by atoms with Crippen molar-refractivity contribution in [1.29, 1.82) is 0 Å². The van der Waals surface area contributed by atoms with E-state index in [1.54, 1.807) is 12.1 Å². The zero-order valence-electron chi connectivity index (χ0n) is 6.35. The highest BCUT2D eigenvalue weighted by Crippen LogP contribution is 1.72. The fourth-order valence-electron chi connectivity index (χ4n) is 0.313. The van der Waals surface area contributed by atoms with Gasteiger partial charge in [-0.3, -0.25) is 10.2 Å². The smallest absolute Gasteiger partial charge is 0.257 e. The fourth-order valence-corrected chi connectivity index (χ4v) is 0.313. The van der Waals surface area contributed by atoms with E-state index in [0.717, 1.165) is 6.54 Å². The summed E-state index contributed by atoms with van der Waals surface area (Å²) in [6.45, 7) is 6.05. The van der Waals surface area contributed by atoms with Gasteiger partial charge < -0.3 is 5.48 Å². The molecule has 60 valence electrons. The van der Waals surface area contributed by atoms with Gasteiger partial charge in [-0.25, -0.2) is 5.01 Å². The SMILES string of the molecule is C=CC(=O)NN(C)CC.O. The van der Waals surface area contributed by atoms with E-state index in [-0.39, 0.29) is 11.4 Å². The number of hydrazine groups is 1. The minimum Gasteiger partial charge on any atom is -0.412 e. The Labute approximate surface area is 60.8 Å². The molecular weight excluding hydrogens is 132 g/mol. The average Bonchev–Trinajstić information content (AvgIpc) is 1.87. The fraction of sp³-hybridized carbons (Fsp3) is 0.500. The van der Waals surface area contributed by atoms with Gasteiger partial charge in [0.1, 0.15) is 0 Å². The third-order valence-corrected chi connectivity index (χ3v) is 0.961. The molecule has 4 heteroatoms. The Balaban J connectivity index is 0. The van der Waals surface area contributed by atoms with Crippen LogP contribution in [0.2, 0.25) is 0 Å². The van der Waals surface area contributed by atoms with Crippen molar-refractivity contribution in [2.45, 2.75) is 6.92 Å². The Morgan fingerprint density at radius 3 is 2.60 bits per heavy atom. The first-order chi connectivity index (χ1) is 4.20. The molecule has 0 aromatic carbocycles. The third-order valence-electron chi connectivity index (χ3n) is 0.961. The van der Waals surface area contributed by atoms with Gasteiger partial charge in [0.25, 0.3) is 5.91 Å². The van der Waals surface area contributed by atoms with E-state index in [1.165, 1.54) is 6.08 Å². The monoisotopic (exact) mass is 146 g/mol. The van der Waals surface area contributed by atoms with E-state index >= 15 is 0 Å². The van der Waals surface area contributed by atoms with Gasteiger partial charge in [0.05, 0.1) is 0 Å². The summed E-state index contributed by atoms with van der Waals surface area (Å²) < 4.78 is 0. The first-order valence-electron chi connectivity index (χ1n) is 2.85. The molecule has 0 aliphatic heterocycles. The summed E-state index contributed by atoms with van der Waals surface area (Å²) in [6, 6.07) is 0. The second-order valence-electron chi connectivity index (χ2n) is 1.69. The lowest BCUT2D eigenvalue weighted by Gasteiger charge is -2.12. The summed E-state index contributed by atoms with van der Waals surface area (Å²) in [7, 11) is 1.79. The van der Waals surface area contributed by atoms with Crippen molar-refractivity contribution in [2.75, 3.05) is 13.6 Å². The minimum absolute atomic E-state index is 0. The molecule has 3 N–H and O–H groups in total. The molecule has 0 heterocycles. The number of amides is 1. The van der Waals surface area contributed by atoms with Crippen molar-refractivity contribution in [3.63, 3.8) is 0 Å². The molecule has 4 nitrogen and oxygen atoms in total. The molecule has 0 saturated heterocycles. The van der Waals surface area contributed by atoms with Gasteiger partial charge in [0.2, 0.25) is 0 Å². The van der Waals surface area contributed by atoms with Crippen LogP contribution in [0.3, 0.4) is 0 Å². The van der Waals surface area contributed by atoms with Crippen molar-refractivity contribution >= 4 is 5.91 Å². The van der Waals surface area contributed by atoms with Gasteiger partial charge in [-0.2, -0.15) is 0 Å². The maximum atomic E-state index is 10.5. The van der Waals surface area contributed by atoms with Crippen molar-refractivity contribution in [1.82, 2.24) is 10.4 Å². The largest absolute Gasteiger partial charge is 0.412 e. The van der Waals surface area contributed by atoms with Crippen LogP contribution in [0.1, 0.15) is 6.92 Å². The van der Waals surface area contributed by atoms with Crippen molar-refractivity contribution in [3.8, 4) is 0 Å². The second-order valence-corrected chi connectivity index (χ2v) is 1.69. The molecule has 0 fully saturated rings. The van der Waals surface area contributed by atoms with Crippen molar-refractivity contribution in [3.05, 3.63) is 12.7 Å². The lowest BCUT2D eigenvalue weighted by molar-refractivity contribution is -0.120. The molecule has 10 heavy (non-hydrogen) atoms. The van der Waals surface area contributed by atoms with Crippen LogP contribution < -0.4 is 5.43 Å². The van der Waals surface area contributed by atoms with E-state index in [4.69, 9.17) is 0 Å². The van der Waals surface area contributed by atoms with Gasteiger partial charge >= 0.3 is 0 Å². The second kappa shape index (κ2) is 6.25. The normalized spacial score (nSPS) is 8.30. The molecule has 0 radical (unpaired) electrons. The molecular formula is C6H14N2O2. The predicted molar refractivity (Wildman–Crippen MR) is 40.3 cm³/mol. The molecule has 0 aromatic rings. The van der Waals surface area contributed by atoms with Crippen molar-refractivity contribution in [2.24, 2.45) is 0 Å². The van der Waals surface area contributed by atoms with E-state index in [0.29, 0.717) is 0 Å². The van der Waals surface area contributed by atoms with Gasteiger partial charge in [-0.05, 0) is 6.08 Å². The van der Waals surface area contributed by atoms with E-state index < -0.39 is 0 Å².